The summed E-state index contributed by atoms with van der Waals surface area (Å²) in [5.41, 5.74) is 1.97. The molecule has 0 amide bonds. The van der Waals surface area contributed by atoms with Crippen molar-refractivity contribution in [2.75, 3.05) is 6.61 Å². The topological polar surface area (TPSA) is 57.4 Å². The summed E-state index contributed by atoms with van der Waals surface area (Å²) in [6.07, 6.45) is 2.71. The predicted molar refractivity (Wildman–Crippen MR) is 86.8 cm³/mol. The molecule has 1 aliphatic rings. The Kier molecular flexibility index (Phi) is 4.87. The molecule has 5 nitrogen and oxygen atoms in total. The highest BCUT2D eigenvalue weighted by Crippen LogP contribution is 2.32. The molecule has 2 heterocycles. The minimum Gasteiger partial charge on any atom is -0.480 e. The summed E-state index contributed by atoms with van der Waals surface area (Å²) >= 11 is 6.05. The van der Waals surface area contributed by atoms with Crippen molar-refractivity contribution in [1.29, 1.82) is 0 Å². The van der Waals surface area contributed by atoms with Crippen LogP contribution in [0.1, 0.15) is 61.3 Å². The van der Waals surface area contributed by atoms with Crippen molar-refractivity contribution >= 4 is 11.6 Å². The maximum Gasteiger partial charge on any atom is 0.256 e. The molecule has 0 spiro atoms. The molecule has 23 heavy (non-hydrogen) atoms. The lowest BCUT2D eigenvalue weighted by Gasteiger charge is -2.19. The van der Waals surface area contributed by atoms with Gasteiger partial charge in [-0.05, 0) is 63.3 Å². The first-order valence-corrected chi connectivity index (χ1v) is 8.30. The van der Waals surface area contributed by atoms with Crippen LogP contribution < -0.4 is 4.74 Å². The van der Waals surface area contributed by atoms with Gasteiger partial charge in [-0.1, -0.05) is 11.6 Å². The van der Waals surface area contributed by atoms with E-state index in [-0.39, 0.29) is 12.2 Å². The van der Waals surface area contributed by atoms with Gasteiger partial charge in [0, 0.05) is 11.6 Å². The third-order valence-electron chi connectivity index (χ3n) is 3.98. The van der Waals surface area contributed by atoms with Crippen molar-refractivity contribution in [2.45, 2.75) is 52.2 Å². The van der Waals surface area contributed by atoms with E-state index in [1.807, 2.05) is 32.9 Å². The second-order valence-corrected chi connectivity index (χ2v) is 6.40. The number of aryl methyl sites for hydroxylation is 2. The lowest BCUT2D eigenvalue weighted by molar-refractivity contribution is -0.00313. The van der Waals surface area contributed by atoms with Gasteiger partial charge in [-0.3, -0.25) is 0 Å². The Morgan fingerprint density at radius 1 is 1.22 bits per heavy atom. The molecule has 0 bridgehead atoms. The number of rotatable bonds is 4. The van der Waals surface area contributed by atoms with Crippen LogP contribution in [0, 0.1) is 13.8 Å². The molecule has 0 radical (unpaired) electrons. The largest absolute Gasteiger partial charge is 0.480 e. The van der Waals surface area contributed by atoms with E-state index in [2.05, 4.69) is 10.2 Å². The van der Waals surface area contributed by atoms with E-state index < -0.39 is 0 Å². The van der Waals surface area contributed by atoms with Crippen molar-refractivity contribution in [3.05, 3.63) is 40.1 Å². The zero-order valence-electron chi connectivity index (χ0n) is 13.6. The molecular weight excluding hydrogens is 316 g/mol. The number of aromatic nitrogens is 2. The molecule has 2 atom stereocenters. The van der Waals surface area contributed by atoms with Gasteiger partial charge in [0.15, 0.2) is 6.10 Å². The van der Waals surface area contributed by atoms with E-state index in [4.69, 9.17) is 25.5 Å². The van der Waals surface area contributed by atoms with E-state index in [0.717, 1.165) is 42.7 Å². The van der Waals surface area contributed by atoms with Crippen LogP contribution in [-0.4, -0.2) is 16.8 Å². The quantitative estimate of drug-likeness (QED) is 0.808. The molecule has 1 fully saturated rings. The maximum absolute atomic E-state index is 6.05. The fourth-order valence-electron chi connectivity index (χ4n) is 2.79. The van der Waals surface area contributed by atoms with E-state index >= 15 is 0 Å². The van der Waals surface area contributed by atoms with Gasteiger partial charge in [0.1, 0.15) is 11.9 Å². The molecule has 1 aromatic heterocycles. The number of hydrogen-bond acceptors (Lipinski definition) is 5. The Balaban J connectivity index is 1.74. The Morgan fingerprint density at radius 2 is 1.96 bits per heavy atom. The van der Waals surface area contributed by atoms with Crippen LogP contribution in [0.2, 0.25) is 5.02 Å². The molecular formula is C17H21ClN2O3. The maximum atomic E-state index is 6.05. The van der Waals surface area contributed by atoms with Gasteiger partial charge in [0.2, 0.25) is 5.89 Å². The van der Waals surface area contributed by atoms with Gasteiger partial charge in [-0.15, -0.1) is 10.2 Å². The highest BCUT2D eigenvalue weighted by atomic mass is 35.5. The summed E-state index contributed by atoms with van der Waals surface area (Å²) in [7, 11) is 0. The summed E-state index contributed by atoms with van der Waals surface area (Å²) in [4.78, 5) is 0. The molecule has 3 rings (SSSR count). The van der Waals surface area contributed by atoms with Crippen LogP contribution in [0.3, 0.4) is 0 Å². The first-order chi connectivity index (χ1) is 11.0. The zero-order valence-corrected chi connectivity index (χ0v) is 14.4. The first-order valence-electron chi connectivity index (χ1n) is 7.93. The second kappa shape index (κ2) is 6.89. The molecule has 1 aromatic carbocycles. The van der Waals surface area contributed by atoms with Gasteiger partial charge in [-0.2, -0.15) is 0 Å². The molecule has 6 heteroatoms. The third-order valence-corrected chi connectivity index (χ3v) is 4.20. The first kappa shape index (κ1) is 16.3. The molecule has 1 aliphatic heterocycles. The second-order valence-electron chi connectivity index (χ2n) is 5.96. The van der Waals surface area contributed by atoms with E-state index in [1.165, 1.54) is 0 Å². The average Bonchev–Trinajstić information content (AvgIpc) is 3.01. The summed E-state index contributed by atoms with van der Waals surface area (Å²) in [6.45, 7) is 6.58. The molecule has 2 aromatic rings. The van der Waals surface area contributed by atoms with Gasteiger partial charge >= 0.3 is 0 Å². The Morgan fingerprint density at radius 3 is 2.61 bits per heavy atom. The van der Waals surface area contributed by atoms with Crippen LogP contribution in [-0.2, 0) is 4.74 Å². The third kappa shape index (κ3) is 3.67. The summed E-state index contributed by atoms with van der Waals surface area (Å²) < 4.78 is 17.5. The average molecular weight is 337 g/mol. The van der Waals surface area contributed by atoms with Crippen LogP contribution >= 0.6 is 11.6 Å². The smallest absolute Gasteiger partial charge is 0.256 e. The lowest BCUT2D eigenvalue weighted by atomic mass is 10.1. The monoisotopic (exact) mass is 336 g/mol. The number of benzene rings is 1. The van der Waals surface area contributed by atoms with Crippen molar-refractivity contribution in [3.63, 3.8) is 0 Å². The molecule has 0 N–H and O–H groups in total. The minimum atomic E-state index is -0.335. The van der Waals surface area contributed by atoms with Crippen LogP contribution in [0.5, 0.6) is 5.75 Å². The lowest BCUT2D eigenvalue weighted by Crippen LogP contribution is -2.11. The van der Waals surface area contributed by atoms with E-state index in [0.29, 0.717) is 16.8 Å². The van der Waals surface area contributed by atoms with Crippen molar-refractivity contribution in [2.24, 2.45) is 0 Å². The van der Waals surface area contributed by atoms with Crippen LogP contribution in [0.4, 0.5) is 0 Å². The number of nitrogens with zero attached hydrogens (tertiary/aromatic N) is 2. The van der Waals surface area contributed by atoms with E-state index in [9.17, 15) is 0 Å². The normalized spacial score (nSPS) is 19.6. The molecule has 0 unspecified atom stereocenters. The summed E-state index contributed by atoms with van der Waals surface area (Å²) in [5.74, 6) is 1.80. The van der Waals surface area contributed by atoms with E-state index in [1.54, 1.807) is 0 Å². The predicted octanol–water partition coefficient (Wildman–Crippen LogP) is 4.72. The molecule has 1 saturated heterocycles. The summed E-state index contributed by atoms with van der Waals surface area (Å²) in [5, 5.41) is 8.94. The van der Waals surface area contributed by atoms with Crippen LogP contribution in [0.25, 0.3) is 0 Å². The number of hydrogen-bond donors (Lipinski definition) is 0. The molecule has 0 saturated carbocycles. The standard InChI is InChI=1S/C17H21ClN2O3/c1-10-8-13(18)9-11(2)15(10)22-12(3)16-19-20-17(23-16)14-6-4-5-7-21-14/h8-9,12,14H,4-7H2,1-3H3/t12-,14-/m1/s1. The Hall–Kier alpha value is -1.59. The van der Waals surface area contributed by atoms with Gasteiger partial charge in [-0.25, -0.2) is 0 Å². The fourth-order valence-corrected chi connectivity index (χ4v) is 3.11. The molecule has 124 valence electrons. The molecule has 0 aliphatic carbocycles. The van der Waals surface area contributed by atoms with Crippen LogP contribution in [0.15, 0.2) is 16.5 Å². The highest BCUT2D eigenvalue weighted by molar-refractivity contribution is 6.30. The van der Waals surface area contributed by atoms with Gasteiger partial charge < -0.3 is 13.9 Å². The number of ether oxygens (including phenoxy) is 2. The Bertz CT molecular complexity index is 657. The summed E-state index contributed by atoms with van der Waals surface area (Å²) in [6, 6.07) is 3.76. The van der Waals surface area contributed by atoms with Gasteiger partial charge in [0.05, 0.1) is 0 Å². The highest BCUT2D eigenvalue weighted by Gasteiger charge is 2.24. The van der Waals surface area contributed by atoms with Gasteiger partial charge in [0.25, 0.3) is 5.89 Å². The number of halogens is 1. The van der Waals surface area contributed by atoms with Crippen molar-refractivity contribution in [1.82, 2.24) is 10.2 Å². The SMILES string of the molecule is Cc1cc(Cl)cc(C)c1O[C@H](C)c1nnc([C@H]2CCCCO2)o1. The minimum absolute atomic E-state index is 0.0868. The van der Waals surface area contributed by atoms with Crippen molar-refractivity contribution < 1.29 is 13.9 Å². The zero-order chi connectivity index (χ0) is 16.4. The Labute approximate surface area is 140 Å². The fraction of sp³-hybridized carbons (Fsp3) is 0.529. The van der Waals surface area contributed by atoms with Crippen molar-refractivity contribution in [3.8, 4) is 5.75 Å².